The lowest BCUT2D eigenvalue weighted by atomic mass is 9.89. The van der Waals surface area contributed by atoms with Crippen LogP contribution in [0.1, 0.15) is 31.2 Å². The molecule has 1 aliphatic heterocycles. The summed E-state index contributed by atoms with van der Waals surface area (Å²) in [6.07, 6.45) is 1.68. The van der Waals surface area contributed by atoms with Gasteiger partial charge in [-0.2, -0.15) is 4.39 Å². The molecule has 3 aromatic rings. The molecule has 3 aromatic carbocycles. The quantitative estimate of drug-likeness (QED) is 0.421. The topological polar surface area (TPSA) is 18.5 Å². The summed E-state index contributed by atoms with van der Waals surface area (Å²) in [6.45, 7) is 2.33. The SMILES string of the molecule is COc1ccc(-c2ccc(-c3ccc(C4CCC(C)OC4)c(F)c3F)cc2)c(F)c1F. The maximum atomic E-state index is 14.9. The lowest BCUT2D eigenvalue weighted by Crippen LogP contribution is -2.23. The van der Waals surface area contributed by atoms with Gasteiger partial charge in [-0.15, -0.1) is 0 Å². The molecule has 2 unspecified atom stereocenters. The first kappa shape index (κ1) is 21.4. The van der Waals surface area contributed by atoms with Gasteiger partial charge in [0.2, 0.25) is 5.82 Å². The molecule has 0 radical (unpaired) electrons. The van der Waals surface area contributed by atoms with E-state index in [1.807, 2.05) is 6.92 Å². The van der Waals surface area contributed by atoms with Crippen LogP contribution in [-0.4, -0.2) is 19.8 Å². The Labute approximate surface area is 178 Å². The summed E-state index contributed by atoms with van der Waals surface area (Å²) < 4.78 is 68.4. The summed E-state index contributed by atoms with van der Waals surface area (Å²) in [7, 11) is 1.26. The van der Waals surface area contributed by atoms with E-state index in [1.54, 1.807) is 36.4 Å². The second-order valence-electron chi connectivity index (χ2n) is 7.77. The summed E-state index contributed by atoms with van der Waals surface area (Å²) in [4.78, 5) is 0. The fourth-order valence-electron chi connectivity index (χ4n) is 3.97. The van der Waals surface area contributed by atoms with E-state index >= 15 is 0 Å². The van der Waals surface area contributed by atoms with Crippen molar-refractivity contribution >= 4 is 0 Å². The standard InChI is InChI=1S/C25H22F4O2/c1-14-3-4-17(13-31-14)20-10-9-18(22(26)23(20)27)15-5-7-16(8-6-15)19-11-12-21(30-2)25(29)24(19)28/h5-12,14,17H,3-4,13H2,1-2H3. The Bertz CT molecular complexity index is 1090. The molecule has 1 heterocycles. The number of ether oxygens (including phenoxy) is 2. The van der Waals surface area contributed by atoms with Crippen LogP contribution in [0.5, 0.6) is 5.75 Å². The molecule has 0 spiro atoms. The highest BCUT2D eigenvalue weighted by Crippen LogP contribution is 2.35. The van der Waals surface area contributed by atoms with Gasteiger partial charge in [0.25, 0.3) is 0 Å². The van der Waals surface area contributed by atoms with Gasteiger partial charge in [-0.1, -0.05) is 36.4 Å². The van der Waals surface area contributed by atoms with Gasteiger partial charge in [0.05, 0.1) is 19.8 Å². The lowest BCUT2D eigenvalue weighted by Gasteiger charge is -2.27. The summed E-state index contributed by atoms with van der Waals surface area (Å²) in [6, 6.07) is 12.1. The van der Waals surface area contributed by atoms with Crippen LogP contribution in [0.3, 0.4) is 0 Å². The van der Waals surface area contributed by atoms with Crippen molar-refractivity contribution in [1.29, 1.82) is 0 Å². The monoisotopic (exact) mass is 430 g/mol. The van der Waals surface area contributed by atoms with Crippen LogP contribution in [-0.2, 0) is 4.74 Å². The molecule has 1 aliphatic rings. The highest BCUT2D eigenvalue weighted by molar-refractivity contribution is 5.71. The van der Waals surface area contributed by atoms with Gasteiger partial charge in [-0.05, 0) is 48.6 Å². The van der Waals surface area contributed by atoms with E-state index < -0.39 is 23.3 Å². The summed E-state index contributed by atoms with van der Waals surface area (Å²) in [5, 5.41) is 0. The Morgan fingerprint density at radius 1 is 0.742 bits per heavy atom. The van der Waals surface area contributed by atoms with Gasteiger partial charge in [0, 0.05) is 17.0 Å². The number of methoxy groups -OCH3 is 1. The highest BCUT2D eigenvalue weighted by atomic mass is 19.2. The van der Waals surface area contributed by atoms with E-state index in [2.05, 4.69) is 0 Å². The summed E-state index contributed by atoms with van der Waals surface area (Å²) in [5.41, 5.74) is 1.33. The maximum absolute atomic E-state index is 14.9. The predicted octanol–water partition coefficient (Wildman–Crippen LogP) is 6.87. The van der Waals surface area contributed by atoms with Crippen LogP contribution >= 0.6 is 0 Å². The van der Waals surface area contributed by atoms with Crippen molar-refractivity contribution in [3.05, 3.63) is 77.4 Å². The molecule has 0 saturated carbocycles. The van der Waals surface area contributed by atoms with Crippen molar-refractivity contribution in [2.75, 3.05) is 13.7 Å². The van der Waals surface area contributed by atoms with Crippen molar-refractivity contribution < 1.29 is 27.0 Å². The molecular weight excluding hydrogens is 408 g/mol. The molecule has 2 nitrogen and oxygen atoms in total. The molecule has 0 aliphatic carbocycles. The van der Waals surface area contributed by atoms with E-state index in [9.17, 15) is 17.6 Å². The molecule has 6 heteroatoms. The minimum atomic E-state index is -1.08. The molecule has 162 valence electrons. The Balaban J connectivity index is 1.63. The average Bonchev–Trinajstić information content (AvgIpc) is 2.78. The molecule has 0 amide bonds. The third-order valence-electron chi connectivity index (χ3n) is 5.83. The first-order valence-electron chi connectivity index (χ1n) is 10.1. The molecule has 31 heavy (non-hydrogen) atoms. The lowest BCUT2D eigenvalue weighted by molar-refractivity contribution is 0.0147. The Morgan fingerprint density at radius 2 is 1.32 bits per heavy atom. The number of benzene rings is 3. The smallest absolute Gasteiger partial charge is 0.201 e. The summed E-state index contributed by atoms with van der Waals surface area (Å²) >= 11 is 0. The zero-order chi connectivity index (χ0) is 22.1. The van der Waals surface area contributed by atoms with Gasteiger partial charge in [-0.25, -0.2) is 13.2 Å². The van der Waals surface area contributed by atoms with E-state index in [0.717, 1.165) is 12.8 Å². The third-order valence-corrected chi connectivity index (χ3v) is 5.83. The molecule has 0 aromatic heterocycles. The zero-order valence-electron chi connectivity index (χ0n) is 17.2. The Morgan fingerprint density at radius 3 is 1.87 bits per heavy atom. The van der Waals surface area contributed by atoms with Crippen LogP contribution in [0.2, 0.25) is 0 Å². The van der Waals surface area contributed by atoms with Crippen molar-refractivity contribution in [2.45, 2.75) is 31.8 Å². The minimum Gasteiger partial charge on any atom is -0.494 e. The van der Waals surface area contributed by atoms with Crippen molar-refractivity contribution in [2.24, 2.45) is 0 Å². The molecular formula is C25H22F4O2. The van der Waals surface area contributed by atoms with Gasteiger partial charge in [-0.3, -0.25) is 0 Å². The molecule has 1 fully saturated rings. The van der Waals surface area contributed by atoms with E-state index in [-0.39, 0.29) is 28.9 Å². The molecule has 2 atom stereocenters. The molecule has 0 bridgehead atoms. The number of rotatable bonds is 4. The third kappa shape index (κ3) is 4.04. The minimum absolute atomic E-state index is 0.0541. The molecule has 1 saturated heterocycles. The average molecular weight is 430 g/mol. The van der Waals surface area contributed by atoms with Gasteiger partial charge in [0.15, 0.2) is 23.2 Å². The van der Waals surface area contributed by atoms with Crippen molar-refractivity contribution in [3.8, 4) is 28.0 Å². The maximum Gasteiger partial charge on any atom is 0.201 e. The van der Waals surface area contributed by atoms with Gasteiger partial charge < -0.3 is 9.47 Å². The summed E-state index contributed by atoms with van der Waals surface area (Å²) in [5.74, 6) is -4.26. The first-order chi connectivity index (χ1) is 14.9. The fourth-order valence-corrected chi connectivity index (χ4v) is 3.97. The van der Waals surface area contributed by atoms with E-state index in [1.165, 1.54) is 19.2 Å². The van der Waals surface area contributed by atoms with Crippen molar-refractivity contribution in [3.63, 3.8) is 0 Å². The van der Waals surface area contributed by atoms with Crippen LogP contribution < -0.4 is 4.74 Å². The van der Waals surface area contributed by atoms with Crippen LogP contribution in [0.15, 0.2) is 48.5 Å². The normalized spacial score (nSPS) is 18.8. The molecule has 0 N–H and O–H groups in total. The number of halogens is 4. The van der Waals surface area contributed by atoms with E-state index in [4.69, 9.17) is 9.47 Å². The Kier molecular flexibility index (Phi) is 6.01. The second-order valence-corrected chi connectivity index (χ2v) is 7.77. The van der Waals surface area contributed by atoms with Crippen molar-refractivity contribution in [1.82, 2.24) is 0 Å². The van der Waals surface area contributed by atoms with Crippen LogP contribution in [0.4, 0.5) is 17.6 Å². The fraction of sp³-hybridized carbons (Fsp3) is 0.280. The van der Waals surface area contributed by atoms with Gasteiger partial charge in [0.1, 0.15) is 0 Å². The Hall–Kier alpha value is -2.86. The van der Waals surface area contributed by atoms with Crippen LogP contribution in [0.25, 0.3) is 22.3 Å². The number of hydrogen-bond donors (Lipinski definition) is 0. The number of hydrogen-bond acceptors (Lipinski definition) is 2. The molecule has 4 rings (SSSR count). The highest BCUT2D eigenvalue weighted by Gasteiger charge is 2.25. The second kappa shape index (κ2) is 8.71. The van der Waals surface area contributed by atoms with Crippen LogP contribution in [0, 0.1) is 23.3 Å². The largest absolute Gasteiger partial charge is 0.494 e. The first-order valence-corrected chi connectivity index (χ1v) is 10.1. The predicted molar refractivity (Wildman–Crippen MR) is 111 cm³/mol. The zero-order valence-corrected chi connectivity index (χ0v) is 17.2. The van der Waals surface area contributed by atoms with Gasteiger partial charge >= 0.3 is 0 Å². The van der Waals surface area contributed by atoms with E-state index in [0.29, 0.717) is 23.3 Å².